The normalized spacial score (nSPS) is 11.9. The molecule has 0 saturated heterocycles. The maximum atomic E-state index is 12.2. The number of hydrogen-bond acceptors (Lipinski definition) is 7. The Morgan fingerprint density at radius 3 is 2.69 bits per heavy atom. The van der Waals surface area contributed by atoms with Crippen LogP contribution in [0.15, 0.2) is 40.1 Å². The summed E-state index contributed by atoms with van der Waals surface area (Å²) in [6.07, 6.45) is 1.41. The number of hydrazine groups is 1. The number of benzene rings is 1. The number of H-pyrrole nitrogens is 1. The molecule has 0 atom stereocenters. The van der Waals surface area contributed by atoms with Crippen molar-refractivity contribution in [2.75, 3.05) is 5.01 Å². The molecule has 0 unspecified atom stereocenters. The molecule has 26 heavy (non-hydrogen) atoms. The highest BCUT2D eigenvalue weighted by Gasteiger charge is 2.15. The van der Waals surface area contributed by atoms with Gasteiger partial charge in [0.05, 0.1) is 12.3 Å². The molecule has 2 aromatic heterocycles. The monoisotopic (exact) mass is 357 g/mol. The minimum atomic E-state index is -0.502. The number of fused-ring (bicyclic) bond motifs is 1. The summed E-state index contributed by atoms with van der Waals surface area (Å²) in [6.45, 7) is -0.169. The number of imidazole rings is 1. The van der Waals surface area contributed by atoms with Gasteiger partial charge < -0.3 is 15.8 Å². The Bertz CT molecular complexity index is 1120. The molecule has 0 spiro atoms. The van der Waals surface area contributed by atoms with Gasteiger partial charge >= 0.3 is 5.69 Å². The van der Waals surface area contributed by atoms with E-state index in [9.17, 15) is 14.7 Å². The molecule has 0 aliphatic carbocycles. The van der Waals surface area contributed by atoms with Gasteiger partial charge in [0.2, 0.25) is 5.95 Å². The zero-order valence-corrected chi connectivity index (χ0v) is 14.3. The highest BCUT2D eigenvalue weighted by Crippen LogP contribution is 2.17. The minimum absolute atomic E-state index is 0.141. The molecule has 10 nitrogen and oxygen atoms in total. The van der Waals surface area contributed by atoms with E-state index in [2.05, 4.69) is 9.97 Å². The lowest BCUT2D eigenvalue weighted by Gasteiger charge is -2.13. The Morgan fingerprint density at radius 1 is 1.31 bits per heavy atom. The van der Waals surface area contributed by atoms with Crippen LogP contribution in [-0.2, 0) is 20.7 Å². The molecule has 6 N–H and O–H groups in total. The van der Waals surface area contributed by atoms with Crippen LogP contribution in [-0.4, -0.2) is 24.2 Å². The van der Waals surface area contributed by atoms with E-state index in [-0.39, 0.29) is 23.7 Å². The summed E-state index contributed by atoms with van der Waals surface area (Å²) in [6, 6.07) is 7.08. The molecule has 3 rings (SSSR count). The van der Waals surface area contributed by atoms with E-state index in [4.69, 9.17) is 11.6 Å². The Morgan fingerprint density at radius 2 is 2.00 bits per heavy atom. The van der Waals surface area contributed by atoms with Crippen molar-refractivity contribution < 1.29 is 5.11 Å². The number of aliphatic hydroxyl groups is 1. The summed E-state index contributed by atoms with van der Waals surface area (Å²) in [5.74, 6) is 6.13. The fourth-order valence-corrected chi connectivity index (χ4v) is 2.66. The van der Waals surface area contributed by atoms with Gasteiger partial charge in [-0.3, -0.25) is 18.9 Å². The molecule has 0 radical (unpaired) electrons. The first-order valence-electron chi connectivity index (χ1n) is 7.71. The Hall–Kier alpha value is -3.37. The van der Waals surface area contributed by atoms with Crippen LogP contribution in [0.5, 0.6) is 0 Å². The van der Waals surface area contributed by atoms with Crippen LogP contribution in [0.3, 0.4) is 0 Å². The zero-order chi connectivity index (χ0) is 19.0. The van der Waals surface area contributed by atoms with E-state index >= 15 is 0 Å². The molecule has 0 saturated carbocycles. The van der Waals surface area contributed by atoms with E-state index in [0.717, 1.165) is 9.58 Å². The lowest BCUT2D eigenvalue weighted by molar-refractivity contribution is 0.281. The minimum Gasteiger partial charge on any atom is -0.397 e. The van der Waals surface area contributed by atoms with Crippen LogP contribution in [0, 0.1) is 0 Å². The van der Waals surface area contributed by atoms with Crippen molar-refractivity contribution in [1.29, 1.82) is 0 Å². The van der Waals surface area contributed by atoms with Crippen LogP contribution in [0.4, 0.5) is 5.95 Å². The largest absolute Gasteiger partial charge is 0.397 e. The zero-order valence-electron chi connectivity index (χ0n) is 14.3. The molecule has 0 aliphatic heterocycles. The molecule has 0 bridgehead atoms. The molecule has 0 amide bonds. The summed E-state index contributed by atoms with van der Waals surface area (Å²) in [5, 5.41) is 10.5. The van der Waals surface area contributed by atoms with Gasteiger partial charge in [-0.05, 0) is 5.56 Å². The standard InChI is InChI=1S/C16H19N7O3/c1-21-13-12(14(25)22(2)16(21)26)19-15(20-13)23(18)7-11(17)10-6-4-3-5-9(10)8-24/h3-7,24H,8,17-18H2,1-2H3,(H,19,20)/b11-7-. The van der Waals surface area contributed by atoms with Crippen LogP contribution in [0.1, 0.15) is 11.1 Å². The molecule has 2 heterocycles. The van der Waals surface area contributed by atoms with Gasteiger partial charge in [0.25, 0.3) is 5.56 Å². The smallest absolute Gasteiger partial charge is 0.332 e. The quantitative estimate of drug-likeness (QED) is 0.349. The van der Waals surface area contributed by atoms with Crippen molar-refractivity contribution in [2.45, 2.75) is 6.61 Å². The average Bonchev–Trinajstić information content (AvgIpc) is 3.10. The summed E-state index contributed by atoms with van der Waals surface area (Å²) in [5.41, 5.74) is 7.01. The van der Waals surface area contributed by atoms with Gasteiger partial charge in [0, 0.05) is 25.9 Å². The first-order valence-corrected chi connectivity index (χ1v) is 7.71. The second kappa shape index (κ2) is 6.50. The van der Waals surface area contributed by atoms with E-state index in [1.807, 2.05) is 0 Å². The van der Waals surface area contributed by atoms with Crippen molar-refractivity contribution in [3.8, 4) is 0 Å². The number of nitrogens with one attached hydrogen (secondary N) is 1. The van der Waals surface area contributed by atoms with E-state index in [0.29, 0.717) is 16.8 Å². The van der Waals surface area contributed by atoms with E-state index in [1.165, 1.54) is 24.9 Å². The molecule has 0 aliphatic rings. The maximum absolute atomic E-state index is 12.2. The van der Waals surface area contributed by atoms with Gasteiger partial charge in [0.1, 0.15) is 0 Å². The molecule has 1 aromatic carbocycles. The third-order valence-electron chi connectivity index (χ3n) is 4.10. The topological polar surface area (TPSA) is 148 Å². The highest BCUT2D eigenvalue weighted by atomic mass is 16.3. The molecule has 0 fully saturated rings. The van der Waals surface area contributed by atoms with Crippen molar-refractivity contribution in [3.05, 3.63) is 62.4 Å². The van der Waals surface area contributed by atoms with Gasteiger partial charge in [0.15, 0.2) is 11.2 Å². The number of anilines is 1. The Kier molecular flexibility index (Phi) is 4.36. The Labute approximate surface area is 147 Å². The molecule has 136 valence electrons. The van der Waals surface area contributed by atoms with Crippen LogP contribution in [0.2, 0.25) is 0 Å². The van der Waals surface area contributed by atoms with Crippen LogP contribution < -0.4 is 27.8 Å². The summed E-state index contributed by atoms with van der Waals surface area (Å²) >= 11 is 0. The predicted octanol–water partition coefficient (Wildman–Crippen LogP) is -0.910. The lowest BCUT2D eigenvalue weighted by Crippen LogP contribution is -2.36. The number of aromatic nitrogens is 4. The number of aryl methyl sites for hydroxylation is 1. The first-order chi connectivity index (χ1) is 12.3. The van der Waals surface area contributed by atoms with Crippen LogP contribution >= 0.6 is 0 Å². The molecular weight excluding hydrogens is 338 g/mol. The van der Waals surface area contributed by atoms with E-state index < -0.39 is 11.2 Å². The highest BCUT2D eigenvalue weighted by molar-refractivity contribution is 5.74. The summed E-state index contributed by atoms with van der Waals surface area (Å²) in [4.78, 5) is 31.2. The van der Waals surface area contributed by atoms with E-state index in [1.54, 1.807) is 24.3 Å². The predicted molar refractivity (Wildman–Crippen MR) is 97.8 cm³/mol. The number of aromatic amines is 1. The van der Waals surface area contributed by atoms with Crippen molar-refractivity contribution >= 4 is 22.8 Å². The third-order valence-corrected chi connectivity index (χ3v) is 4.10. The van der Waals surface area contributed by atoms with Gasteiger partial charge in [-0.15, -0.1) is 0 Å². The number of aliphatic hydroxyl groups excluding tert-OH is 1. The van der Waals surface area contributed by atoms with Gasteiger partial charge in [-0.1, -0.05) is 24.3 Å². The van der Waals surface area contributed by atoms with Crippen LogP contribution in [0.25, 0.3) is 16.9 Å². The second-order valence-corrected chi connectivity index (χ2v) is 5.77. The number of hydrogen-bond donors (Lipinski definition) is 4. The molecule has 3 aromatic rings. The van der Waals surface area contributed by atoms with Crippen molar-refractivity contribution in [1.82, 2.24) is 19.1 Å². The van der Waals surface area contributed by atoms with Crippen molar-refractivity contribution in [3.63, 3.8) is 0 Å². The maximum Gasteiger partial charge on any atom is 0.332 e. The first kappa shape index (κ1) is 17.5. The third kappa shape index (κ3) is 2.76. The van der Waals surface area contributed by atoms with Crippen molar-refractivity contribution in [2.24, 2.45) is 25.7 Å². The fraction of sp³-hybridized carbons (Fsp3) is 0.188. The fourth-order valence-electron chi connectivity index (χ4n) is 2.66. The molecular formula is C16H19N7O3. The Balaban J connectivity index is 2.07. The molecule has 10 heteroatoms. The summed E-state index contributed by atoms with van der Waals surface area (Å²) in [7, 11) is 2.89. The summed E-state index contributed by atoms with van der Waals surface area (Å²) < 4.78 is 2.23. The number of rotatable bonds is 4. The van der Waals surface area contributed by atoms with Gasteiger partial charge in [-0.25, -0.2) is 10.6 Å². The second-order valence-electron chi connectivity index (χ2n) is 5.77. The average molecular weight is 357 g/mol. The number of nitrogens with two attached hydrogens (primary N) is 2. The SMILES string of the molecule is Cn1c(=O)c2[nH]c(N(N)/C=C(\N)c3ccccc3CO)nc2n(C)c1=O. The number of nitrogens with zero attached hydrogens (tertiary/aromatic N) is 4. The van der Waals surface area contributed by atoms with Gasteiger partial charge in [-0.2, -0.15) is 4.98 Å². The lowest BCUT2D eigenvalue weighted by atomic mass is 10.1.